The third-order valence-corrected chi connectivity index (χ3v) is 6.92. The van der Waals surface area contributed by atoms with E-state index in [9.17, 15) is 18.0 Å². The average Bonchev–Trinajstić information content (AvgIpc) is 3.36. The molecule has 37 heavy (non-hydrogen) atoms. The number of hydrogen-bond donors (Lipinski definition) is 2. The highest BCUT2D eigenvalue weighted by Crippen LogP contribution is 2.30. The van der Waals surface area contributed by atoms with Crippen LogP contribution in [0.1, 0.15) is 11.1 Å². The number of hydrogen-bond acceptors (Lipinski definition) is 7. The minimum atomic E-state index is -4.41. The van der Waals surface area contributed by atoms with Crippen molar-refractivity contribution >= 4 is 34.5 Å². The van der Waals surface area contributed by atoms with Gasteiger partial charge in [0.05, 0.1) is 16.6 Å². The Morgan fingerprint density at radius 1 is 1.14 bits per heavy atom. The van der Waals surface area contributed by atoms with Crippen LogP contribution in [-0.2, 0) is 17.5 Å². The molecule has 192 valence electrons. The first-order chi connectivity index (χ1) is 17.8. The Bertz CT molecular complexity index is 1390. The molecule has 1 saturated heterocycles. The average molecular weight is 528 g/mol. The molecule has 0 unspecified atom stereocenters. The monoisotopic (exact) mass is 527 g/mol. The van der Waals surface area contributed by atoms with Crippen LogP contribution in [0.4, 0.5) is 19.0 Å². The molecule has 1 atom stereocenters. The number of aromatic nitrogens is 4. The molecule has 12 heteroatoms. The van der Waals surface area contributed by atoms with Crippen LogP contribution in [0.5, 0.6) is 0 Å². The third kappa shape index (κ3) is 5.54. The van der Waals surface area contributed by atoms with Crippen LogP contribution in [0.3, 0.4) is 0 Å². The molecule has 0 aliphatic carbocycles. The molecule has 1 amide bonds. The van der Waals surface area contributed by atoms with Crippen LogP contribution in [0.2, 0.25) is 0 Å². The number of amides is 1. The van der Waals surface area contributed by atoms with Gasteiger partial charge in [-0.3, -0.25) is 4.79 Å². The van der Waals surface area contributed by atoms with Gasteiger partial charge >= 0.3 is 6.18 Å². The van der Waals surface area contributed by atoms with E-state index in [1.54, 1.807) is 18.0 Å². The Labute approximate surface area is 215 Å². The van der Waals surface area contributed by atoms with Crippen molar-refractivity contribution in [1.82, 2.24) is 30.4 Å². The first-order valence-corrected chi connectivity index (χ1v) is 12.8. The number of benzene rings is 2. The standard InChI is InChI=1S/C25H24F3N7OS/c1-37-19-8-2-16(3-9-19)12-30-24(36)21-14-34(11-10-29-21)23-20-13-35(33-22(20)31-15-32-23)18-6-4-17(5-7-18)25(26,27)28/h2-9,13,15,21,29H,10-12,14H2,1H3,(H,30,36)/t21-/m0/s1. The number of alkyl halides is 3. The van der Waals surface area contributed by atoms with Gasteiger partial charge in [-0.05, 0) is 48.2 Å². The lowest BCUT2D eigenvalue weighted by Crippen LogP contribution is -2.57. The maximum Gasteiger partial charge on any atom is 0.416 e. The quantitative estimate of drug-likeness (QED) is 0.370. The molecule has 2 aromatic carbocycles. The molecule has 2 aromatic heterocycles. The molecular formula is C25H24F3N7OS. The SMILES string of the molecule is CSc1ccc(CNC(=O)[C@@H]2CN(c3ncnc4nn(-c5ccc(C(F)(F)F)cc5)cc34)CCN2)cc1. The second-order valence-corrected chi connectivity index (χ2v) is 9.45. The van der Waals surface area contributed by atoms with Crippen LogP contribution >= 0.6 is 11.8 Å². The van der Waals surface area contributed by atoms with E-state index >= 15 is 0 Å². The Hall–Kier alpha value is -3.64. The van der Waals surface area contributed by atoms with Crippen molar-refractivity contribution in [1.29, 1.82) is 0 Å². The van der Waals surface area contributed by atoms with E-state index in [0.717, 1.165) is 22.6 Å². The van der Waals surface area contributed by atoms with Crippen molar-refractivity contribution in [2.75, 3.05) is 30.8 Å². The lowest BCUT2D eigenvalue weighted by atomic mass is 10.1. The smallest absolute Gasteiger partial charge is 0.353 e. The zero-order chi connectivity index (χ0) is 26.0. The summed E-state index contributed by atoms with van der Waals surface area (Å²) in [5.41, 5.74) is 1.18. The van der Waals surface area contributed by atoms with Crippen molar-refractivity contribution in [3.05, 3.63) is 72.2 Å². The normalized spacial score (nSPS) is 16.2. The molecule has 3 heterocycles. The van der Waals surface area contributed by atoms with Crippen molar-refractivity contribution in [3.8, 4) is 5.69 Å². The van der Waals surface area contributed by atoms with Gasteiger partial charge in [-0.15, -0.1) is 16.9 Å². The number of fused-ring (bicyclic) bond motifs is 1. The second-order valence-electron chi connectivity index (χ2n) is 8.57. The molecule has 0 bridgehead atoms. The summed E-state index contributed by atoms with van der Waals surface area (Å²) < 4.78 is 40.2. The van der Waals surface area contributed by atoms with Gasteiger partial charge in [0.1, 0.15) is 18.2 Å². The number of thioether (sulfide) groups is 1. The molecule has 2 N–H and O–H groups in total. The van der Waals surface area contributed by atoms with Gasteiger partial charge in [0.15, 0.2) is 5.65 Å². The van der Waals surface area contributed by atoms with E-state index in [-0.39, 0.29) is 5.91 Å². The lowest BCUT2D eigenvalue weighted by molar-refractivity contribution is -0.137. The fourth-order valence-electron chi connectivity index (χ4n) is 4.19. The highest BCUT2D eigenvalue weighted by molar-refractivity contribution is 7.98. The minimum absolute atomic E-state index is 0.107. The van der Waals surface area contributed by atoms with Gasteiger partial charge in [-0.1, -0.05) is 12.1 Å². The van der Waals surface area contributed by atoms with Crippen LogP contribution in [0, 0.1) is 0 Å². The van der Waals surface area contributed by atoms with Gasteiger partial charge in [-0.2, -0.15) is 13.2 Å². The maximum atomic E-state index is 12.9. The van der Waals surface area contributed by atoms with Gasteiger partial charge < -0.3 is 15.5 Å². The molecule has 8 nitrogen and oxygen atoms in total. The minimum Gasteiger partial charge on any atom is -0.353 e. The number of nitrogens with zero attached hydrogens (tertiary/aromatic N) is 5. The summed E-state index contributed by atoms with van der Waals surface area (Å²) in [6.07, 6.45) is 0.707. The maximum absolute atomic E-state index is 12.9. The number of rotatable bonds is 6. The van der Waals surface area contributed by atoms with E-state index < -0.39 is 17.8 Å². The topological polar surface area (TPSA) is 88.0 Å². The summed E-state index contributed by atoms with van der Waals surface area (Å²) in [5, 5.41) is 11.3. The first kappa shape index (κ1) is 25.0. The van der Waals surface area contributed by atoms with E-state index in [0.29, 0.717) is 48.7 Å². The predicted octanol–water partition coefficient (Wildman–Crippen LogP) is 3.65. The fourth-order valence-corrected chi connectivity index (χ4v) is 4.60. The number of carbonyl (C=O) groups excluding carboxylic acids is 1. The zero-order valence-electron chi connectivity index (χ0n) is 19.9. The molecule has 0 saturated carbocycles. The van der Waals surface area contributed by atoms with Gasteiger partial charge in [-0.25, -0.2) is 14.6 Å². The molecule has 0 spiro atoms. The number of anilines is 1. The van der Waals surface area contributed by atoms with Crippen LogP contribution in [0.15, 0.2) is 66.0 Å². The third-order valence-electron chi connectivity index (χ3n) is 6.17. The number of nitrogens with one attached hydrogen (secondary N) is 2. The predicted molar refractivity (Wildman–Crippen MR) is 136 cm³/mol. The molecule has 4 aromatic rings. The van der Waals surface area contributed by atoms with Crippen molar-refractivity contribution in [3.63, 3.8) is 0 Å². The van der Waals surface area contributed by atoms with E-state index in [4.69, 9.17) is 0 Å². The van der Waals surface area contributed by atoms with E-state index in [1.165, 1.54) is 23.1 Å². The van der Waals surface area contributed by atoms with Crippen LogP contribution < -0.4 is 15.5 Å². The first-order valence-electron chi connectivity index (χ1n) is 11.6. The summed E-state index contributed by atoms with van der Waals surface area (Å²) >= 11 is 1.66. The Morgan fingerprint density at radius 3 is 2.59 bits per heavy atom. The largest absolute Gasteiger partial charge is 0.416 e. The van der Waals surface area contributed by atoms with E-state index in [2.05, 4.69) is 25.7 Å². The lowest BCUT2D eigenvalue weighted by Gasteiger charge is -2.33. The summed E-state index contributed by atoms with van der Waals surface area (Å²) in [7, 11) is 0. The van der Waals surface area contributed by atoms with Crippen molar-refractivity contribution in [2.24, 2.45) is 0 Å². The number of piperazine rings is 1. The number of carbonyl (C=O) groups is 1. The van der Waals surface area contributed by atoms with Crippen LogP contribution in [-0.4, -0.2) is 57.6 Å². The highest BCUT2D eigenvalue weighted by atomic mass is 32.2. The Balaban J connectivity index is 1.30. The van der Waals surface area contributed by atoms with Gasteiger partial charge in [0.25, 0.3) is 0 Å². The number of halogens is 3. The summed E-state index contributed by atoms with van der Waals surface area (Å²) in [6.45, 7) is 2.04. The van der Waals surface area contributed by atoms with Crippen LogP contribution in [0.25, 0.3) is 16.7 Å². The molecule has 1 fully saturated rings. The molecule has 1 aliphatic heterocycles. The summed E-state index contributed by atoms with van der Waals surface area (Å²) in [5.74, 6) is 0.513. The van der Waals surface area contributed by atoms with Gasteiger partial charge in [0, 0.05) is 37.3 Å². The van der Waals surface area contributed by atoms with Crippen molar-refractivity contribution < 1.29 is 18.0 Å². The summed E-state index contributed by atoms with van der Waals surface area (Å²) in [4.78, 5) is 24.7. The Kier molecular flexibility index (Phi) is 7.02. The van der Waals surface area contributed by atoms with Crippen molar-refractivity contribution in [2.45, 2.75) is 23.7 Å². The fraction of sp³-hybridized carbons (Fsp3) is 0.280. The summed E-state index contributed by atoms with van der Waals surface area (Å²) in [6, 6.07) is 12.4. The molecule has 1 aliphatic rings. The second kappa shape index (κ2) is 10.4. The molecule has 5 rings (SSSR count). The van der Waals surface area contributed by atoms with E-state index in [1.807, 2.05) is 35.4 Å². The highest BCUT2D eigenvalue weighted by Gasteiger charge is 2.30. The van der Waals surface area contributed by atoms with Gasteiger partial charge in [0.2, 0.25) is 5.91 Å². The molecular weight excluding hydrogens is 503 g/mol. The molecule has 0 radical (unpaired) electrons. The zero-order valence-corrected chi connectivity index (χ0v) is 20.7. The Morgan fingerprint density at radius 2 is 1.89 bits per heavy atom.